The van der Waals surface area contributed by atoms with E-state index in [1.807, 2.05) is 12.1 Å². The molecule has 3 heteroatoms. The molecular weight excluding hydrogens is 374 g/mol. The van der Waals surface area contributed by atoms with Gasteiger partial charge in [-0.25, -0.2) is 4.98 Å². The Morgan fingerprint density at radius 2 is 1.52 bits per heavy atom. The lowest BCUT2D eigenvalue weighted by atomic mass is 9.96. The third kappa shape index (κ3) is 3.12. The Morgan fingerprint density at radius 1 is 0.760 bits per heavy atom. The molecule has 0 radical (unpaired) electrons. The number of nitrogens with zero attached hydrogens (tertiary/aromatic N) is 1. The molecule has 0 spiro atoms. The summed E-state index contributed by atoms with van der Waals surface area (Å²) in [7, 11) is 0. The van der Waals surface area contributed by atoms with E-state index in [0.29, 0.717) is 5.89 Å². The van der Waals surface area contributed by atoms with Crippen LogP contribution in [-0.4, -0.2) is 4.98 Å². The maximum Gasteiger partial charge on any atom is 0.227 e. The molecule has 0 aliphatic rings. The van der Waals surface area contributed by atoms with Crippen molar-refractivity contribution < 1.29 is 4.42 Å². The summed E-state index contributed by atoms with van der Waals surface area (Å²) >= 11 is 3.58. The maximum absolute atomic E-state index is 6.05. The summed E-state index contributed by atoms with van der Waals surface area (Å²) in [5, 5.41) is 0. The molecule has 4 rings (SSSR count). The summed E-state index contributed by atoms with van der Waals surface area (Å²) in [4.78, 5) is 4.73. The number of oxazole rings is 1. The van der Waals surface area contributed by atoms with Crippen molar-refractivity contribution in [2.45, 2.75) is 20.8 Å². The second kappa shape index (κ2) is 6.16. The molecule has 0 N–H and O–H groups in total. The number of hydrogen-bond donors (Lipinski definition) is 0. The van der Waals surface area contributed by atoms with Crippen LogP contribution in [0.2, 0.25) is 0 Å². The van der Waals surface area contributed by atoms with E-state index in [4.69, 9.17) is 9.40 Å². The fourth-order valence-electron chi connectivity index (χ4n) is 3.23. The Labute approximate surface area is 155 Å². The molecule has 0 aliphatic carbocycles. The van der Waals surface area contributed by atoms with Crippen molar-refractivity contribution in [2.24, 2.45) is 0 Å². The van der Waals surface area contributed by atoms with E-state index in [0.717, 1.165) is 26.7 Å². The lowest BCUT2D eigenvalue weighted by Crippen LogP contribution is -1.88. The van der Waals surface area contributed by atoms with Crippen molar-refractivity contribution in [3.8, 4) is 22.6 Å². The molecule has 1 heterocycles. The first-order valence-corrected chi connectivity index (χ1v) is 9.05. The molecule has 0 amide bonds. The number of fused-ring (bicyclic) bond motifs is 1. The van der Waals surface area contributed by atoms with Crippen LogP contribution in [0.3, 0.4) is 0 Å². The van der Waals surface area contributed by atoms with Crippen LogP contribution in [0.4, 0.5) is 0 Å². The van der Waals surface area contributed by atoms with Crippen LogP contribution in [0.1, 0.15) is 16.7 Å². The Hall–Kier alpha value is -2.39. The molecule has 0 fully saturated rings. The number of hydrogen-bond acceptors (Lipinski definition) is 2. The first-order valence-electron chi connectivity index (χ1n) is 8.25. The monoisotopic (exact) mass is 391 g/mol. The summed E-state index contributed by atoms with van der Waals surface area (Å²) in [6, 6.07) is 18.9. The van der Waals surface area contributed by atoms with Crippen LogP contribution in [0.5, 0.6) is 0 Å². The van der Waals surface area contributed by atoms with Gasteiger partial charge in [-0.2, -0.15) is 0 Å². The van der Waals surface area contributed by atoms with Gasteiger partial charge in [0.25, 0.3) is 0 Å². The van der Waals surface area contributed by atoms with Gasteiger partial charge in [0.1, 0.15) is 5.52 Å². The minimum Gasteiger partial charge on any atom is -0.436 e. The van der Waals surface area contributed by atoms with E-state index in [-0.39, 0.29) is 0 Å². The van der Waals surface area contributed by atoms with Gasteiger partial charge in [0.15, 0.2) is 5.58 Å². The van der Waals surface area contributed by atoms with Gasteiger partial charge in [0.05, 0.1) is 0 Å². The van der Waals surface area contributed by atoms with E-state index >= 15 is 0 Å². The van der Waals surface area contributed by atoms with E-state index in [1.54, 1.807) is 0 Å². The van der Waals surface area contributed by atoms with E-state index in [1.165, 1.54) is 22.3 Å². The highest BCUT2D eigenvalue weighted by atomic mass is 79.9. The average Bonchev–Trinajstić information content (AvgIpc) is 2.96. The molecule has 3 aromatic carbocycles. The molecule has 0 atom stereocenters. The normalized spacial score (nSPS) is 11.2. The predicted octanol–water partition coefficient (Wildman–Crippen LogP) is 6.85. The number of benzene rings is 3. The summed E-state index contributed by atoms with van der Waals surface area (Å²) in [5.41, 5.74) is 8.67. The third-order valence-corrected chi connectivity index (χ3v) is 4.78. The van der Waals surface area contributed by atoms with Gasteiger partial charge in [-0.3, -0.25) is 0 Å². The summed E-state index contributed by atoms with van der Waals surface area (Å²) in [6.07, 6.45) is 0. The maximum atomic E-state index is 6.05. The Kier molecular flexibility index (Phi) is 3.97. The average molecular weight is 392 g/mol. The predicted molar refractivity (Wildman–Crippen MR) is 107 cm³/mol. The van der Waals surface area contributed by atoms with E-state index in [9.17, 15) is 0 Å². The topological polar surface area (TPSA) is 26.0 Å². The highest BCUT2D eigenvalue weighted by molar-refractivity contribution is 9.10. The Morgan fingerprint density at radius 3 is 2.28 bits per heavy atom. The third-order valence-electron chi connectivity index (χ3n) is 4.29. The van der Waals surface area contributed by atoms with Crippen LogP contribution >= 0.6 is 15.9 Å². The van der Waals surface area contributed by atoms with Gasteiger partial charge in [0, 0.05) is 10.0 Å². The smallest absolute Gasteiger partial charge is 0.227 e. The van der Waals surface area contributed by atoms with Crippen molar-refractivity contribution in [3.05, 3.63) is 75.8 Å². The van der Waals surface area contributed by atoms with Crippen molar-refractivity contribution in [1.82, 2.24) is 4.98 Å². The molecule has 25 heavy (non-hydrogen) atoms. The van der Waals surface area contributed by atoms with Crippen LogP contribution in [0.25, 0.3) is 33.7 Å². The standard InChI is InChI=1S/C22H18BrNO/c1-13-4-7-21-20(11-13)24-22(25-21)19-12-17(23)5-6-18(19)16-9-14(2)8-15(3)10-16/h4-12H,1-3H3. The fraction of sp³-hybridized carbons (Fsp3) is 0.136. The quantitative estimate of drug-likeness (QED) is 0.373. The minimum absolute atomic E-state index is 0.649. The van der Waals surface area contributed by atoms with Gasteiger partial charge in [-0.1, -0.05) is 57.4 Å². The molecule has 4 aromatic rings. The molecule has 0 saturated carbocycles. The number of aromatic nitrogens is 1. The van der Waals surface area contributed by atoms with Gasteiger partial charge in [0.2, 0.25) is 5.89 Å². The zero-order valence-electron chi connectivity index (χ0n) is 14.4. The molecule has 0 saturated heterocycles. The Balaban J connectivity index is 1.95. The second-order valence-electron chi connectivity index (χ2n) is 6.56. The molecule has 0 aliphatic heterocycles. The lowest BCUT2D eigenvalue weighted by Gasteiger charge is -2.10. The molecular formula is C22H18BrNO. The van der Waals surface area contributed by atoms with Crippen LogP contribution in [0.15, 0.2) is 63.5 Å². The SMILES string of the molecule is Cc1cc(C)cc(-c2ccc(Br)cc2-c2nc3cc(C)ccc3o2)c1. The molecule has 1 aromatic heterocycles. The van der Waals surface area contributed by atoms with Crippen molar-refractivity contribution in [2.75, 3.05) is 0 Å². The molecule has 124 valence electrons. The van der Waals surface area contributed by atoms with Gasteiger partial charge in [-0.15, -0.1) is 0 Å². The molecule has 2 nitrogen and oxygen atoms in total. The van der Waals surface area contributed by atoms with Crippen molar-refractivity contribution >= 4 is 27.0 Å². The fourth-order valence-corrected chi connectivity index (χ4v) is 3.59. The number of rotatable bonds is 2. The second-order valence-corrected chi connectivity index (χ2v) is 7.47. The van der Waals surface area contributed by atoms with E-state index in [2.05, 4.69) is 79.2 Å². The first kappa shape index (κ1) is 16.1. The van der Waals surface area contributed by atoms with E-state index < -0.39 is 0 Å². The van der Waals surface area contributed by atoms with Crippen LogP contribution in [-0.2, 0) is 0 Å². The zero-order chi connectivity index (χ0) is 17.6. The summed E-state index contributed by atoms with van der Waals surface area (Å²) in [6.45, 7) is 6.31. The highest BCUT2D eigenvalue weighted by Crippen LogP contribution is 2.36. The summed E-state index contributed by atoms with van der Waals surface area (Å²) in [5.74, 6) is 0.649. The van der Waals surface area contributed by atoms with Crippen LogP contribution < -0.4 is 0 Å². The lowest BCUT2D eigenvalue weighted by molar-refractivity contribution is 0.620. The summed E-state index contributed by atoms with van der Waals surface area (Å²) < 4.78 is 7.06. The molecule has 0 unspecified atom stereocenters. The molecule has 0 bridgehead atoms. The number of halogens is 1. The van der Waals surface area contributed by atoms with Gasteiger partial charge in [-0.05, 0) is 61.7 Å². The number of aryl methyl sites for hydroxylation is 3. The van der Waals surface area contributed by atoms with Gasteiger partial charge >= 0.3 is 0 Å². The van der Waals surface area contributed by atoms with Crippen molar-refractivity contribution in [3.63, 3.8) is 0 Å². The van der Waals surface area contributed by atoms with Gasteiger partial charge < -0.3 is 4.42 Å². The van der Waals surface area contributed by atoms with Crippen LogP contribution in [0, 0.1) is 20.8 Å². The minimum atomic E-state index is 0.649. The van der Waals surface area contributed by atoms with Crippen molar-refractivity contribution in [1.29, 1.82) is 0 Å². The zero-order valence-corrected chi connectivity index (χ0v) is 16.0. The Bertz CT molecular complexity index is 1070. The largest absolute Gasteiger partial charge is 0.436 e. The first-order chi connectivity index (χ1) is 12.0. The highest BCUT2D eigenvalue weighted by Gasteiger charge is 2.15.